The summed E-state index contributed by atoms with van der Waals surface area (Å²) in [5.41, 5.74) is 0.902. The molecule has 29 heavy (non-hydrogen) atoms. The molecule has 1 amide bonds. The summed E-state index contributed by atoms with van der Waals surface area (Å²) in [6.45, 7) is 0. The summed E-state index contributed by atoms with van der Waals surface area (Å²) in [7, 11) is -1.86. The van der Waals surface area contributed by atoms with E-state index in [1.54, 1.807) is 30.1 Å². The number of aromatic nitrogens is 2. The van der Waals surface area contributed by atoms with Gasteiger partial charge in [0.1, 0.15) is 5.54 Å². The Morgan fingerprint density at radius 2 is 2.10 bits per heavy atom. The molecule has 1 heterocycles. The second-order valence-electron chi connectivity index (χ2n) is 7.91. The monoisotopic (exact) mass is 432 g/mol. The highest BCUT2D eigenvalue weighted by Gasteiger charge is 2.47. The van der Waals surface area contributed by atoms with Crippen LogP contribution in [0.5, 0.6) is 0 Å². The van der Waals surface area contributed by atoms with Gasteiger partial charge in [0.15, 0.2) is 9.84 Å². The molecule has 2 aliphatic carbocycles. The maximum Gasteiger partial charge on any atom is 0.224 e. The standard InChI is InChI=1S/C20H21ClN4O3S/c1-25-11-15(10-23-25)13-3-5-18(17(21)9-13)29(27,28)16-4-2-14(8-16)19(26)24-20(12-22)6-7-20/h3,5,9-11,14,16H,2,4,6-8H2,1H3,(H,24,26)/t14-,16-/m0/s1. The fraction of sp³-hybridized carbons (Fsp3) is 0.450. The Labute approximate surface area is 174 Å². The number of hydrogen-bond acceptors (Lipinski definition) is 5. The summed E-state index contributed by atoms with van der Waals surface area (Å²) in [6.07, 6.45) is 5.96. The maximum atomic E-state index is 13.1. The first-order valence-corrected chi connectivity index (χ1v) is 11.4. The van der Waals surface area contributed by atoms with Crippen molar-refractivity contribution in [3.05, 3.63) is 35.6 Å². The summed E-state index contributed by atoms with van der Waals surface area (Å²) in [5, 5.41) is 15.5. The number of nitrogens with one attached hydrogen (secondary N) is 1. The number of benzene rings is 1. The molecule has 0 unspecified atom stereocenters. The van der Waals surface area contributed by atoms with Crippen LogP contribution in [0.15, 0.2) is 35.5 Å². The van der Waals surface area contributed by atoms with Gasteiger partial charge >= 0.3 is 0 Å². The van der Waals surface area contributed by atoms with Crippen molar-refractivity contribution in [1.82, 2.24) is 15.1 Å². The normalized spacial score (nSPS) is 22.8. The van der Waals surface area contributed by atoms with Crippen LogP contribution < -0.4 is 5.32 Å². The van der Waals surface area contributed by atoms with Gasteiger partial charge in [-0.3, -0.25) is 9.48 Å². The van der Waals surface area contributed by atoms with Crippen LogP contribution in [-0.2, 0) is 21.7 Å². The number of aryl methyl sites for hydroxylation is 1. The molecule has 9 heteroatoms. The van der Waals surface area contributed by atoms with Gasteiger partial charge in [0.2, 0.25) is 5.91 Å². The number of sulfone groups is 1. The summed E-state index contributed by atoms with van der Waals surface area (Å²) in [4.78, 5) is 12.5. The second kappa shape index (κ2) is 7.15. The van der Waals surface area contributed by atoms with Crippen LogP contribution in [0.1, 0.15) is 32.1 Å². The van der Waals surface area contributed by atoms with E-state index < -0.39 is 26.5 Å². The number of nitriles is 1. The number of halogens is 1. The van der Waals surface area contributed by atoms with E-state index in [0.29, 0.717) is 25.7 Å². The van der Waals surface area contributed by atoms with Crippen molar-refractivity contribution in [3.63, 3.8) is 0 Å². The molecule has 2 aromatic rings. The minimum atomic E-state index is -3.66. The first-order valence-electron chi connectivity index (χ1n) is 9.50. The predicted octanol–water partition coefficient (Wildman–Crippen LogP) is 2.86. The maximum absolute atomic E-state index is 13.1. The van der Waals surface area contributed by atoms with Gasteiger partial charge < -0.3 is 5.32 Å². The van der Waals surface area contributed by atoms with Gasteiger partial charge in [-0.15, -0.1) is 0 Å². The van der Waals surface area contributed by atoms with Crippen molar-refractivity contribution in [2.75, 3.05) is 0 Å². The van der Waals surface area contributed by atoms with Crippen LogP contribution in [0, 0.1) is 17.2 Å². The number of amides is 1. The van der Waals surface area contributed by atoms with Crippen LogP contribution in [0.4, 0.5) is 0 Å². The highest BCUT2D eigenvalue weighted by atomic mass is 35.5. The average Bonchev–Trinajstić information content (AvgIpc) is 3.08. The molecule has 1 aromatic heterocycles. The van der Waals surface area contributed by atoms with Gasteiger partial charge in [0.05, 0.1) is 27.4 Å². The summed E-state index contributed by atoms with van der Waals surface area (Å²) < 4.78 is 28.0. The second-order valence-corrected chi connectivity index (χ2v) is 10.5. The topological polar surface area (TPSA) is 105 Å². The molecule has 4 rings (SSSR count). The molecule has 2 aliphatic rings. The highest BCUT2D eigenvalue weighted by molar-refractivity contribution is 7.92. The Kier molecular flexibility index (Phi) is 4.91. The van der Waals surface area contributed by atoms with Crippen molar-refractivity contribution in [2.45, 2.75) is 47.8 Å². The molecule has 0 spiro atoms. The Morgan fingerprint density at radius 3 is 2.69 bits per heavy atom. The molecule has 2 saturated carbocycles. The number of rotatable bonds is 5. The molecular weight excluding hydrogens is 412 g/mol. The number of nitrogens with zero attached hydrogens (tertiary/aromatic N) is 3. The lowest BCUT2D eigenvalue weighted by molar-refractivity contribution is -0.125. The molecule has 152 valence electrons. The minimum absolute atomic E-state index is 0.0913. The van der Waals surface area contributed by atoms with Crippen molar-refractivity contribution >= 4 is 27.3 Å². The summed E-state index contributed by atoms with van der Waals surface area (Å²) in [5.74, 6) is -0.617. The number of carbonyl (C=O) groups excluding carboxylic acids is 1. The largest absolute Gasteiger partial charge is 0.338 e. The average molecular weight is 433 g/mol. The Morgan fingerprint density at radius 1 is 1.34 bits per heavy atom. The third kappa shape index (κ3) is 3.77. The molecule has 2 atom stereocenters. The molecular formula is C20H21ClN4O3S. The third-order valence-corrected chi connectivity index (χ3v) is 8.50. The summed E-state index contributed by atoms with van der Waals surface area (Å²) in [6, 6.07) is 7.01. The van der Waals surface area contributed by atoms with Crippen LogP contribution in [-0.4, -0.2) is 34.9 Å². The quantitative estimate of drug-likeness (QED) is 0.782. The van der Waals surface area contributed by atoms with Crippen LogP contribution >= 0.6 is 11.6 Å². The van der Waals surface area contributed by atoms with E-state index in [1.807, 2.05) is 6.20 Å². The van der Waals surface area contributed by atoms with Crippen molar-refractivity contribution in [3.8, 4) is 17.2 Å². The van der Waals surface area contributed by atoms with E-state index in [9.17, 15) is 13.2 Å². The first kappa shape index (κ1) is 19.9. The van der Waals surface area contributed by atoms with E-state index in [2.05, 4.69) is 16.5 Å². The highest BCUT2D eigenvalue weighted by Crippen LogP contribution is 2.39. The number of carbonyl (C=O) groups is 1. The molecule has 2 fully saturated rings. The van der Waals surface area contributed by atoms with Gasteiger partial charge in [-0.05, 0) is 49.8 Å². The Bertz CT molecular complexity index is 1110. The van der Waals surface area contributed by atoms with Gasteiger partial charge in [-0.25, -0.2) is 8.42 Å². The van der Waals surface area contributed by atoms with Crippen LogP contribution in [0.2, 0.25) is 5.02 Å². The van der Waals surface area contributed by atoms with Crippen molar-refractivity contribution in [2.24, 2.45) is 13.0 Å². The van der Waals surface area contributed by atoms with E-state index in [1.165, 1.54) is 6.07 Å². The number of hydrogen-bond donors (Lipinski definition) is 1. The third-order valence-electron chi connectivity index (χ3n) is 5.80. The Hall–Kier alpha value is -2.37. The van der Waals surface area contributed by atoms with E-state index in [-0.39, 0.29) is 22.2 Å². The van der Waals surface area contributed by atoms with Crippen LogP contribution in [0.3, 0.4) is 0 Å². The van der Waals surface area contributed by atoms with E-state index in [0.717, 1.165) is 11.1 Å². The zero-order valence-electron chi connectivity index (χ0n) is 15.9. The zero-order chi connectivity index (χ0) is 20.8. The lowest BCUT2D eigenvalue weighted by atomic mass is 10.1. The zero-order valence-corrected chi connectivity index (χ0v) is 17.5. The van der Waals surface area contributed by atoms with E-state index >= 15 is 0 Å². The van der Waals surface area contributed by atoms with Crippen molar-refractivity contribution in [1.29, 1.82) is 5.26 Å². The van der Waals surface area contributed by atoms with E-state index in [4.69, 9.17) is 16.9 Å². The smallest absolute Gasteiger partial charge is 0.224 e. The lowest BCUT2D eigenvalue weighted by Crippen LogP contribution is -2.39. The predicted molar refractivity (Wildman–Crippen MR) is 108 cm³/mol. The van der Waals surface area contributed by atoms with Gasteiger partial charge in [-0.2, -0.15) is 10.4 Å². The molecule has 0 radical (unpaired) electrons. The first-order chi connectivity index (χ1) is 13.7. The van der Waals surface area contributed by atoms with Gasteiger partial charge in [0, 0.05) is 24.7 Å². The molecule has 0 saturated heterocycles. The summed E-state index contributed by atoms with van der Waals surface area (Å²) >= 11 is 6.34. The molecule has 0 bridgehead atoms. The fourth-order valence-corrected chi connectivity index (χ4v) is 6.23. The Balaban J connectivity index is 1.50. The van der Waals surface area contributed by atoms with Crippen LogP contribution in [0.25, 0.3) is 11.1 Å². The molecule has 1 N–H and O–H groups in total. The molecule has 7 nitrogen and oxygen atoms in total. The fourth-order valence-electron chi connectivity index (χ4n) is 3.85. The molecule has 0 aliphatic heterocycles. The lowest BCUT2D eigenvalue weighted by Gasteiger charge is -2.16. The minimum Gasteiger partial charge on any atom is -0.338 e. The SMILES string of the molecule is Cn1cc(-c2ccc(S(=O)(=O)[C@H]3CC[C@H](C(=O)NC4(C#N)CC4)C3)c(Cl)c2)cn1. The van der Waals surface area contributed by atoms with Crippen molar-refractivity contribution < 1.29 is 13.2 Å². The van der Waals surface area contributed by atoms with Gasteiger partial charge in [-0.1, -0.05) is 17.7 Å². The van der Waals surface area contributed by atoms with Gasteiger partial charge in [0.25, 0.3) is 0 Å². The molecule has 1 aromatic carbocycles.